The molecular weight excluding hydrogens is 254 g/mol. The van der Waals surface area contributed by atoms with Crippen LogP contribution >= 0.6 is 0 Å². The van der Waals surface area contributed by atoms with E-state index in [4.69, 9.17) is 15.2 Å². The van der Waals surface area contributed by atoms with Crippen molar-refractivity contribution in [2.24, 2.45) is 11.7 Å². The molecule has 4 nitrogen and oxygen atoms in total. The van der Waals surface area contributed by atoms with Crippen LogP contribution in [0.15, 0.2) is 18.2 Å². The Morgan fingerprint density at radius 1 is 1.10 bits per heavy atom. The molecule has 1 aliphatic carbocycles. The number of nitrogens with two attached hydrogens (primary N) is 1. The van der Waals surface area contributed by atoms with Crippen molar-refractivity contribution < 1.29 is 14.6 Å². The number of aliphatic hydroxyl groups is 1. The fraction of sp³-hybridized carbons (Fsp3) is 0.625. The molecule has 1 aliphatic rings. The predicted molar refractivity (Wildman–Crippen MR) is 79.1 cm³/mol. The van der Waals surface area contributed by atoms with Crippen molar-refractivity contribution in [3.05, 3.63) is 23.8 Å². The van der Waals surface area contributed by atoms with E-state index < -0.39 is 6.10 Å². The number of hydrogen-bond acceptors (Lipinski definition) is 4. The number of aliphatic hydroxyl groups excluding tert-OH is 1. The van der Waals surface area contributed by atoms with Crippen LogP contribution in [0.1, 0.15) is 43.7 Å². The molecule has 3 N–H and O–H groups in total. The van der Waals surface area contributed by atoms with Crippen LogP contribution in [0.5, 0.6) is 11.5 Å². The predicted octanol–water partition coefficient (Wildman–Crippen LogP) is 2.64. The Bertz CT molecular complexity index is 430. The van der Waals surface area contributed by atoms with E-state index in [-0.39, 0.29) is 6.04 Å². The molecule has 1 saturated carbocycles. The van der Waals surface area contributed by atoms with Gasteiger partial charge in [0.2, 0.25) is 0 Å². The zero-order valence-corrected chi connectivity index (χ0v) is 12.3. The first-order chi connectivity index (χ1) is 9.67. The molecule has 1 fully saturated rings. The summed E-state index contributed by atoms with van der Waals surface area (Å²) < 4.78 is 10.5. The first-order valence-electron chi connectivity index (χ1n) is 7.33. The Balaban J connectivity index is 2.13. The van der Waals surface area contributed by atoms with Gasteiger partial charge in [-0.15, -0.1) is 0 Å². The Morgan fingerprint density at radius 3 is 2.35 bits per heavy atom. The molecule has 0 saturated heterocycles. The van der Waals surface area contributed by atoms with Crippen LogP contribution in [0.25, 0.3) is 0 Å². The van der Waals surface area contributed by atoms with Gasteiger partial charge in [-0.25, -0.2) is 0 Å². The normalized spacial score (nSPS) is 19.4. The largest absolute Gasteiger partial charge is 0.493 e. The van der Waals surface area contributed by atoms with E-state index in [2.05, 4.69) is 0 Å². The third kappa shape index (κ3) is 3.25. The highest BCUT2D eigenvalue weighted by atomic mass is 16.5. The minimum Gasteiger partial charge on any atom is -0.493 e. The molecule has 1 aromatic rings. The molecule has 0 unspecified atom stereocenters. The minimum atomic E-state index is -0.492. The van der Waals surface area contributed by atoms with Crippen LogP contribution in [-0.2, 0) is 0 Å². The second-order valence-electron chi connectivity index (χ2n) is 5.53. The van der Waals surface area contributed by atoms with E-state index in [1.165, 1.54) is 19.3 Å². The average Bonchev–Trinajstić information content (AvgIpc) is 2.53. The summed E-state index contributed by atoms with van der Waals surface area (Å²) in [5.74, 6) is 1.64. The van der Waals surface area contributed by atoms with Gasteiger partial charge in [0.05, 0.1) is 26.4 Å². The monoisotopic (exact) mass is 279 g/mol. The molecule has 0 aliphatic heterocycles. The zero-order chi connectivity index (χ0) is 14.5. The van der Waals surface area contributed by atoms with Crippen molar-refractivity contribution in [3.8, 4) is 11.5 Å². The summed E-state index contributed by atoms with van der Waals surface area (Å²) in [5, 5.41) is 10.5. The van der Waals surface area contributed by atoms with Crippen LogP contribution in [0.3, 0.4) is 0 Å². The van der Waals surface area contributed by atoms with Gasteiger partial charge in [0.25, 0.3) is 0 Å². The van der Waals surface area contributed by atoms with Gasteiger partial charge in [-0.05, 0) is 36.5 Å². The molecule has 112 valence electrons. The third-order valence-corrected chi connectivity index (χ3v) is 4.29. The van der Waals surface area contributed by atoms with Gasteiger partial charge in [-0.2, -0.15) is 0 Å². The first-order valence-corrected chi connectivity index (χ1v) is 7.33. The van der Waals surface area contributed by atoms with Crippen molar-refractivity contribution in [1.29, 1.82) is 0 Å². The number of rotatable bonds is 5. The smallest absolute Gasteiger partial charge is 0.161 e. The van der Waals surface area contributed by atoms with Crippen LogP contribution in [0.2, 0.25) is 0 Å². The van der Waals surface area contributed by atoms with E-state index in [0.29, 0.717) is 17.4 Å². The van der Waals surface area contributed by atoms with Crippen molar-refractivity contribution in [2.45, 2.75) is 44.2 Å². The molecule has 0 aromatic heterocycles. The van der Waals surface area contributed by atoms with E-state index in [1.54, 1.807) is 14.2 Å². The molecule has 4 heteroatoms. The molecular formula is C16H25NO3. The molecule has 2 rings (SSSR count). The Labute approximate surface area is 120 Å². The van der Waals surface area contributed by atoms with Gasteiger partial charge in [0, 0.05) is 0 Å². The van der Waals surface area contributed by atoms with Crippen molar-refractivity contribution in [3.63, 3.8) is 0 Å². The van der Waals surface area contributed by atoms with Crippen molar-refractivity contribution in [1.82, 2.24) is 0 Å². The van der Waals surface area contributed by atoms with E-state index in [0.717, 1.165) is 18.4 Å². The van der Waals surface area contributed by atoms with Gasteiger partial charge < -0.3 is 20.3 Å². The van der Waals surface area contributed by atoms with Crippen LogP contribution in [0, 0.1) is 5.92 Å². The van der Waals surface area contributed by atoms with Crippen molar-refractivity contribution >= 4 is 0 Å². The number of hydrogen-bond donors (Lipinski definition) is 2. The Morgan fingerprint density at radius 2 is 1.75 bits per heavy atom. The number of ether oxygens (including phenoxy) is 2. The van der Waals surface area contributed by atoms with Crippen LogP contribution in [0.4, 0.5) is 0 Å². The second-order valence-corrected chi connectivity index (χ2v) is 5.53. The van der Waals surface area contributed by atoms with Crippen LogP contribution in [-0.4, -0.2) is 25.4 Å². The first kappa shape index (κ1) is 15.1. The van der Waals surface area contributed by atoms with Crippen LogP contribution < -0.4 is 15.2 Å². The number of benzene rings is 1. The second kappa shape index (κ2) is 6.95. The molecule has 20 heavy (non-hydrogen) atoms. The third-order valence-electron chi connectivity index (χ3n) is 4.29. The lowest BCUT2D eigenvalue weighted by Crippen LogP contribution is -2.34. The summed E-state index contributed by atoms with van der Waals surface area (Å²) in [5.41, 5.74) is 7.13. The highest BCUT2D eigenvalue weighted by Gasteiger charge is 2.28. The highest BCUT2D eigenvalue weighted by molar-refractivity contribution is 5.44. The SMILES string of the molecule is COc1ccc([C@@H](N)[C@@H](O)C2CCCCC2)cc1OC. The summed E-state index contributed by atoms with van der Waals surface area (Å²) in [4.78, 5) is 0. The zero-order valence-electron chi connectivity index (χ0n) is 12.3. The lowest BCUT2D eigenvalue weighted by atomic mass is 9.81. The molecule has 0 spiro atoms. The maximum absolute atomic E-state index is 10.5. The summed E-state index contributed by atoms with van der Waals surface area (Å²) in [7, 11) is 3.21. The average molecular weight is 279 g/mol. The van der Waals surface area contributed by atoms with E-state index >= 15 is 0 Å². The molecule has 0 radical (unpaired) electrons. The Kier molecular flexibility index (Phi) is 5.26. The standard InChI is InChI=1S/C16H25NO3/c1-19-13-9-8-12(10-14(13)20-2)15(17)16(18)11-6-4-3-5-7-11/h8-11,15-16,18H,3-7,17H2,1-2H3/t15-,16+/m1/s1. The maximum Gasteiger partial charge on any atom is 0.161 e. The van der Waals surface area contributed by atoms with Crippen molar-refractivity contribution in [2.75, 3.05) is 14.2 Å². The van der Waals surface area contributed by atoms with Gasteiger partial charge in [0.1, 0.15) is 0 Å². The van der Waals surface area contributed by atoms with Gasteiger partial charge in [-0.3, -0.25) is 0 Å². The Hall–Kier alpha value is -1.26. The fourth-order valence-corrected chi connectivity index (χ4v) is 3.03. The molecule has 0 heterocycles. The molecule has 2 atom stereocenters. The summed E-state index contributed by atoms with van der Waals surface area (Å²) in [6, 6.07) is 5.22. The maximum atomic E-state index is 10.5. The number of methoxy groups -OCH3 is 2. The quantitative estimate of drug-likeness (QED) is 0.869. The molecule has 1 aromatic carbocycles. The molecule has 0 bridgehead atoms. The van der Waals surface area contributed by atoms with Gasteiger partial charge in [0.15, 0.2) is 11.5 Å². The molecule has 0 amide bonds. The fourth-order valence-electron chi connectivity index (χ4n) is 3.03. The van der Waals surface area contributed by atoms with E-state index in [9.17, 15) is 5.11 Å². The summed E-state index contributed by atoms with van der Waals surface area (Å²) in [6.07, 6.45) is 5.31. The topological polar surface area (TPSA) is 64.7 Å². The highest BCUT2D eigenvalue weighted by Crippen LogP contribution is 2.34. The minimum absolute atomic E-state index is 0.312. The summed E-state index contributed by atoms with van der Waals surface area (Å²) in [6.45, 7) is 0. The lowest BCUT2D eigenvalue weighted by Gasteiger charge is -2.30. The van der Waals surface area contributed by atoms with E-state index in [1.807, 2.05) is 18.2 Å². The lowest BCUT2D eigenvalue weighted by molar-refractivity contribution is 0.0617. The van der Waals surface area contributed by atoms with Gasteiger partial charge in [-0.1, -0.05) is 25.3 Å². The summed E-state index contributed by atoms with van der Waals surface area (Å²) >= 11 is 0. The van der Waals surface area contributed by atoms with Gasteiger partial charge >= 0.3 is 0 Å².